The lowest BCUT2D eigenvalue weighted by atomic mass is 10.0. The molecule has 7 heteroatoms. The Morgan fingerprint density at radius 1 is 1.24 bits per heavy atom. The Balaban J connectivity index is 2.07. The molecule has 2 aromatic rings. The van der Waals surface area contributed by atoms with Crippen LogP contribution in [0.1, 0.15) is 36.6 Å². The molecule has 1 atom stereocenters. The van der Waals surface area contributed by atoms with Gasteiger partial charge in [-0.25, -0.2) is 4.79 Å². The van der Waals surface area contributed by atoms with Crippen molar-refractivity contribution in [1.29, 1.82) is 0 Å². The van der Waals surface area contributed by atoms with Gasteiger partial charge in [-0.05, 0) is 30.5 Å². The molecule has 1 N–H and O–H groups in total. The van der Waals surface area contributed by atoms with E-state index in [9.17, 15) is 14.4 Å². The molecule has 2 rings (SSSR count). The smallest absolute Gasteiger partial charge is 0.328 e. The van der Waals surface area contributed by atoms with Crippen LogP contribution in [0, 0.1) is 5.92 Å². The summed E-state index contributed by atoms with van der Waals surface area (Å²) in [5.41, 5.74) is -0.160. The highest BCUT2D eigenvalue weighted by Gasteiger charge is 2.24. The molecule has 0 unspecified atom stereocenters. The Labute approximate surface area is 145 Å². The van der Waals surface area contributed by atoms with Crippen LogP contribution in [-0.4, -0.2) is 29.6 Å². The largest absolute Gasteiger partial charge is 0.467 e. The normalized spacial score (nSPS) is 12.0. The third-order valence-corrected chi connectivity index (χ3v) is 3.61. The zero-order valence-corrected chi connectivity index (χ0v) is 14.5. The molecule has 7 nitrogen and oxygen atoms in total. The van der Waals surface area contributed by atoms with Gasteiger partial charge in [0, 0.05) is 12.3 Å². The molecule has 0 aliphatic heterocycles. The number of pyridine rings is 1. The summed E-state index contributed by atoms with van der Waals surface area (Å²) in [7, 11) is 1.28. The minimum atomic E-state index is -0.734. The fourth-order valence-corrected chi connectivity index (χ4v) is 2.40. The first-order valence-corrected chi connectivity index (χ1v) is 8.03. The van der Waals surface area contributed by atoms with Crippen molar-refractivity contribution >= 4 is 11.9 Å². The molecule has 0 saturated heterocycles. The number of hydrogen-bond acceptors (Lipinski definition) is 5. The molecular formula is C18H22N2O5. The monoisotopic (exact) mass is 346 g/mol. The lowest BCUT2D eigenvalue weighted by molar-refractivity contribution is -0.143. The van der Waals surface area contributed by atoms with E-state index in [0.717, 1.165) is 0 Å². The number of furan rings is 1. The van der Waals surface area contributed by atoms with E-state index in [-0.39, 0.29) is 23.8 Å². The van der Waals surface area contributed by atoms with Crippen LogP contribution in [0.4, 0.5) is 0 Å². The molecule has 2 heterocycles. The third kappa shape index (κ3) is 5.07. The quantitative estimate of drug-likeness (QED) is 0.772. The zero-order chi connectivity index (χ0) is 18.4. The topological polar surface area (TPSA) is 90.5 Å². The van der Waals surface area contributed by atoms with Crippen LogP contribution in [-0.2, 0) is 16.1 Å². The number of hydrogen-bond donors (Lipinski definition) is 1. The zero-order valence-electron chi connectivity index (χ0n) is 14.5. The van der Waals surface area contributed by atoms with Gasteiger partial charge in [-0.15, -0.1) is 0 Å². The third-order valence-electron chi connectivity index (χ3n) is 3.61. The average Bonchev–Trinajstić information content (AvgIpc) is 3.04. The Morgan fingerprint density at radius 2 is 2.00 bits per heavy atom. The molecule has 0 radical (unpaired) electrons. The number of carbonyl (C=O) groups excluding carboxylic acids is 2. The fourth-order valence-electron chi connectivity index (χ4n) is 2.40. The van der Waals surface area contributed by atoms with Gasteiger partial charge in [0.2, 0.25) is 0 Å². The first-order valence-electron chi connectivity index (χ1n) is 8.03. The molecule has 2 aromatic heterocycles. The van der Waals surface area contributed by atoms with Gasteiger partial charge in [0.1, 0.15) is 11.8 Å². The molecule has 0 fully saturated rings. The molecular weight excluding hydrogens is 324 g/mol. The molecule has 0 spiro atoms. The van der Waals surface area contributed by atoms with E-state index in [1.54, 1.807) is 24.4 Å². The van der Waals surface area contributed by atoms with Gasteiger partial charge in [-0.3, -0.25) is 9.59 Å². The van der Waals surface area contributed by atoms with Crippen LogP contribution in [0.2, 0.25) is 0 Å². The standard InChI is InChI=1S/C18H22N2O5/c1-12(2)10-14(18(23)24-3)19-17(22)15-8-7-13(25-15)11-20-9-5-4-6-16(20)21/h4-9,12,14H,10-11H2,1-3H3,(H,19,22)/t14-/m1/s1. The van der Waals surface area contributed by atoms with Crippen LogP contribution < -0.4 is 10.9 Å². The predicted octanol–water partition coefficient (Wildman–Crippen LogP) is 1.81. The summed E-state index contributed by atoms with van der Waals surface area (Å²) in [5, 5.41) is 2.63. The number of carbonyl (C=O) groups is 2. The first-order chi connectivity index (χ1) is 11.9. The van der Waals surface area contributed by atoms with Gasteiger partial charge < -0.3 is 19.0 Å². The summed E-state index contributed by atoms with van der Waals surface area (Å²) in [4.78, 5) is 35.8. The van der Waals surface area contributed by atoms with Gasteiger partial charge in [0.15, 0.2) is 5.76 Å². The number of nitrogens with one attached hydrogen (secondary N) is 1. The Bertz CT molecular complexity index is 791. The average molecular weight is 346 g/mol. The number of aromatic nitrogens is 1. The summed E-state index contributed by atoms with van der Waals surface area (Å²) >= 11 is 0. The van der Waals surface area contributed by atoms with Crippen LogP contribution in [0.15, 0.2) is 45.7 Å². The van der Waals surface area contributed by atoms with Crippen LogP contribution in [0.25, 0.3) is 0 Å². The highest BCUT2D eigenvalue weighted by Crippen LogP contribution is 2.11. The van der Waals surface area contributed by atoms with Gasteiger partial charge in [0.25, 0.3) is 11.5 Å². The molecule has 1 amide bonds. The molecule has 0 saturated carbocycles. The van der Waals surface area contributed by atoms with Crippen molar-refractivity contribution in [2.75, 3.05) is 7.11 Å². The van der Waals surface area contributed by atoms with E-state index >= 15 is 0 Å². The van der Waals surface area contributed by atoms with Crippen LogP contribution in [0.5, 0.6) is 0 Å². The van der Waals surface area contributed by atoms with Gasteiger partial charge in [-0.2, -0.15) is 0 Å². The summed E-state index contributed by atoms with van der Waals surface area (Å²) in [6, 6.07) is 7.25. The van der Waals surface area contributed by atoms with Crippen molar-refractivity contribution in [3.05, 3.63) is 58.4 Å². The van der Waals surface area contributed by atoms with E-state index in [1.165, 1.54) is 23.8 Å². The first kappa shape index (κ1) is 18.5. The second kappa shape index (κ2) is 8.32. The van der Waals surface area contributed by atoms with Crippen molar-refractivity contribution in [2.45, 2.75) is 32.9 Å². The van der Waals surface area contributed by atoms with E-state index in [2.05, 4.69) is 5.32 Å². The molecule has 134 valence electrons. The maximum absolute atomic E-state index is 12.3. The number of ether oxygens (including phenoxy) is 1. The number of rotatable bonds is 7. The Hall–Kier alpha value is -2.83. The SMILES string of the molecule is COC(=O)[C@@H](CC(C)C)NC(=O)c1ccc(Cn2ccccc2=O)o1. The number of amides is 1. The van der Waals surface area contributed by atoms with Gasteiger partial charge in [-0.1, -0.05) is 19.9 Å². The Morgan fingerprint density at radius 3 is 2.64 bits per heavy atom. The number of esters is 1. The van der Waals surface area contributed by atoms with Crippen molar-refractivity contribution < 1.29 is 18.7 Å². The van der Waals surface area contributed by atoms with Crippen LogP contribution in [0.3, 0.4) is 0 Å². The van der Waals surface area contributed by atoms with Crippen molar-refractivity contribution in [1.82, 2.24) is 9.88 Å². The summed E-state index contributed by atoms with van der Waals surface area (Å²) in [6.45, 7) is 4.12. The summed E-state index contributed by atoms with van der Waals surface area (Å²) < 4.78 is 11.7. The number of methoxy groups -OCH3 is 1. The van der Waals surface area contributed by atoms with Crippen molar-refractivity contribution in [3.63, 3.8) is 0 Å². The second-order valence-electron chi connectivity index (χ2n) is 6.11. The molecule has 0 bridgehead atoms. The fraction of sp³-hybridized carbons (Fsp3) is 0.389. The Kier molecular flexibility index (Phi) is 6.16. The minimum absolute atomic E-state index is 0.0802. The van der Waals surface area contributed by atoms with Crippen molar-refractivity contribution in [3.8, 4) is 0 Å². The predicted molar refractivity (Wildman–Crippen MR) is 91.2 cm³/mol. The van der Waals surface area contributed by atoms with E-state index < -0.39 is 17.9 Å². The van der Waals surface area contributed by atoms with Gasteiger partial charge >= 0.3 is 5.97 Å². The molecule has 0 aromatic carbocycles. The lowest BCUT2D eigenvalue weighted by Gasteiger charge is -2.17. The van der Waals surface area contributed by atoms with Gasteiger partial charge in [0.05, 0.1) is 13.7 Å². The highest BCUT2D eigenvalue weighted by molar-refractivity contribution is 5.94. The summed E-state index contributed by atoms with van der Waals surface area (Å²) in [6.07, 6.45) is 2.10. The lowest BCUT2D eigenvalue weighted by Crippen LogP contribution is -2.42. The molecule has 0 aliphatic rings. The molecule has 25 heavy (non-hydrogen) atoms. The highest BCUT2D eigenvalue weighted by atomic mass is 16.5. The summed E-state index contributed by atoms with van der Waals surface area (Å²) in [5.74, 6) is -0.234. The van der Waals surface area contributed by atoms with Crippen molar-refractivity contribution in [2.24, 2.45) is 5.92 Å². The maximum atomic E-state index is 12.3. The molecule has 0 aliphatic carbocycles. The maximum Gasteiger partial charge on any atom is 0.328 e. The number of nitrogens with zero attached hydrogens (tertiary/aromatic N) is 1. The van der Waals surface area contributed by atoms with E-state index in [1.807, 2.05) is 13.8 Å². The second-order valence-corrected chi connectivity index (χ2v) is 6.11. The van der Waals surface area contributed by atoms with E-state index in [0.29, 0.717) is 12.2 Å². The van der Waals surface area contributed by atoms with Crippen LogP contribution >= 0.6 is 0 Å². The minimum Gasteiger partial charge on any atom is -0.467 e. The van der Waals surface area contributed by atoms with E-state index in [4.69, 9.17) is 9.15 Å².